The zero-order valence-electron chi connectivity index (χ0n) is 16.4. The van der Waals surface area contributed by atoms with E-state index >= 15 is 0 Å². The zero-order valence-corrected chi connectivity index (χ0v) is 17.1. The third-order valence-electron chi connectivity index (χ3n) is 5.40. The van der Waals surface area contributed by atoms with Crippen molar-refractivity contribution in [2.45, 2.75) is 25.8 Å². The number of carbonyl (C=O) groups is 1. The summed E-state index contributed by atoms with van der Waals surface area (Å²) in [6.07, 6.45) is 5.53. The second-order valence-electron chi connectivity index (χ2n) is 7.61. The van der Waals surface area contributed by atoms with Gasteiger partial charge in [-0.05, 0) is 66.8 Å². The van der Waals surface area contributed by atoms with Crippen molar-refractivity contribution in [1.29, 1.82) is 0 Å². The molecule has 0 saturated heterocycles. The van der Waals surface area contributed by atoms with Crippen molar-refractivity contribution in [2.75, 3.05) is 0 Å². The number of fused-ring (bicyclic) bond motifs is 1. The molecule has 6 heteroatoms. The van der Waals surface area contributed by atoms with Gasteiger partial charge in [0.05, 0.1) is 6.20 Å². The summed E-state index contributed by atoms with van der Waals surface area (Å²) in [6.45, 7) is 2.05. The highest BCUT2D eigenvalue weighted by molar-refractivity contribution is 6.32. The summed E-state index contributed by atoms with van der Waals surface area (Å²) >= 11 is 6.28. The normalized spacial score (nSPS) is 13.4. The number of benzene rings is 2. The van der Waals surface area contributed by atoms with E-state index in [-0.39, 0.29) is 5.91 Å². The number of hydrogen-bond donors (Lipinski definition) is 1. The summed E-state index contributed by atoms with van der Waals surface area (Å²) in [7, 11) is 0. The Kier molecular flexibility index (Phi) is 4.68. The number of nitrogens with zero attached hydrogens (tertiary/aromatic N) is 3. The second-order valence-corrected chi connectivity index (χ2v) is 7.97. The van der Waals surface area contributed by atoms with Crippen LogP contribution in [0.4, 0.5) is 0 Å². The third-order valence-corrected chi connectivity index (χ3v) is 5.70. The van der Waals surface area contributed by atoms with Crippen molar-refractivity contribution in [2.24, 2.45) is 0 Å². The van der Waals surface area contributed by atoms with E-state index in [1.807, 2.05) is 49.4 Å². The predicted octanol–water partition coefficient (Wildman–Crippen LogP) is 5.21. The van der Waals surface area contributed by atoms with Gasteiger partial charge in [0.2, 0.25) is 0 Å². The quantitative estimate of drug-likeness (QED) is 0.465. The molecule has 1 aliphatic rings. The Balaban J connectivity index is 1.58. The molecule has 2 heterocycles. The molecule has 1 N–H and O–H groups in total. The molecular weight excluding hydrogens is 396 g/mol. The number of pyridine rings is 1. The van der Waals surface area contributed by atoms with Crippen LogP contribution in [0.15, 0.2) is 60.9 Å². The van der Waals surface area contributed by atoms with Gasteiger partial charge in [0.15, 0.2) is 0 Å². The van der Waals surface area contributed by atoms with Gasteiger partial charge in [-0.3, -0.25) is 4.79 Å². The SMILES string of the molecule is Cc1ccc(C(=O)NC2CC2)cc1-c1ccc2c(-c3cccnc3Cl)nncc2c1. The topological polar surface area (TPSA) is 67.8 Å². The molecule has 148 valence electrons. The first kappa shape index (κ1) is 18.7. The summed E-state index contributed by atoms with van der Waals surface area (Å²) < 4.78 is 0. The van der Waals surface area contributed by atoms with Crippen LogP contribution < -0.4 is 5.32 Å². The molecule has 30 heavy (non-hydrogen) atoms. The van der Waals surface area contributed by atoms with E-state index in [9.17, 15) is 4.79 Å². The Morgan fingerprint density at radius 2 is 1.97 bits per heavy atom. The Hall–Kier alpha value is -3.31. The van der Waals surface area contributed by atoms with E-state index < -0.39 is 0 Å². The predicted molar refractivity (Wildman–Crippen MR) is 118 cm³/mol. The zero-order chi connectivity index (χ0) is 20.7. The number of nitrogens with one attached hydrogen (secondary N) is 1. The highest BCUT2D eigenvalue weighted by Crippen LogP contribution is 2.33. The van der Waals surface area contributed by atoms with Crippen LogP contribution in [0.5, 0.6) is 0 Å². The minimum Gasteiger partial charge on any atom is -0.349 e. The first-order chi connectivity index (χ1) is 14.6. The molecule has 5 rings (SSSR count). The number of aromatic nitrogens is 3. The number of amides is 1. The van der Waals surface area contributed by atoms with Crippen LogP contribution >= 0.6 is 11.6 Å². The van der Waals surface area contributed by atoms with Crippen LogP contribution in [0.2, 0.25) is 5.15 Å². The standard InChI is InChI=1S/C24H19ClN4O/c1-14-4-5-16(24(30)28-18-7-8-18)12-21(14)15-6-9-19-17(11-15)13-27-29-22(19)20-3-2-10-26-23(20)25/h2-6,9-13,18H,7-8H2,1H3,(H,28,30). The van der Waals surface area contributed by atoms with Crippen LogP contribution in [0.25, 0.3) is 33.2 Å². The van der Waals surface area contributed by atoms with E-state index in [0.717, 1.165) is 45.9 Å². The van der Waals surface area contributed by atoms with Crippen LogP contribution in [-0.2, 0) is 0 Å². The molecular formula is C24H19ClN4O. The Morgan fingerprint density at radius 1 is 1.10 bits per heavy atom. The molecule has 1 aliphatic carbocycles. The molecule has 1 amide bonds. The summed E-state index contributed by atoms with van der Waals surface area (Å²) in [6, 6.07) is 16.0. The lowest BCUT2D eigenvalue weighted by molar-refractivity contribution is 0.0951. The van der Waals surface area contributed by atoms with Gasteiger partial charge in [-0.15, -0.1) is 5.10 Å². The molecule has 0 unspecified atom stereocenters. The maximum atomic E-state index is 12.5. The van der Waals surface area contributed by atoms with Crippen LogP contribution in [0.1, 0.15) is 28.8 Å². The maximum absolute atomic E-state index is 12.5. The molecule has 0 radical (unpaired) electrons. The molecule has 2 aromatic carbocycles. The van der Waals surface area contributed by atoms with Crippen molar-refractivity contribution in [1.82, 2.24) is 20.5 Å². The van der Waals surface area contributed by atoms with E-state index in [1.165, 1.54) is 0 Å². The third kappa shape index (κ3) is 3.53. The van der Waals surface area contributed by atoms with Crippen molar-refractivity contribution in [3.05, 3.63) is 77.2 Å². The average molecular weight is 415 g/mol. The summed E-state index contributed by atoms with van der Waals surface area (Å²) in [5, 5.41) is 13.8. The van der Waals surface area contributed by atoms with Crippen molar-refractivity contribution in [3.8, 4) is 22.4 Å². The van der Waals surface area contributed by atoms with Gasteiger partial charge < -0.3 is 5.32 Å². The molecule has 0 bridgehead atoms. The van der Waals surface area contributed by atoms with Gasteiger partial charge in [-0.2, -0.15) is 5.10 Å². The first-order valence-electron chi connectivity index (χ1n) is 9.88. The van der Waals surface area contributed by atoms with Crippen LogP contribution in [0.3, 0.4) is 0 Å². The lowest BCUT2D eigenvalue weighted by Gasteiger charge is -2.12. The molecule has 1 saturated carbocycles. The number of halogens is 1. The molecule has 1 fully saturated rings. The number of rotatable bonds is 4. The van der Waals surface area contributed by atoms with Gasteiger partial charge >= 0.3 is 0 Å². The van der Waals surface area contributed by atoms with Gasteiger partial charge in [0, 0.05) is 34.1 Å². The highest BCUT2D eigenvalue weighted by Gasteiger charge is 2.24. The minimum absolute atomic E-state index is 0.0149. The molecule has 4 aromatic rings. The van der Waals surface area contributed by atoms with Crippen LogP contribution in [-0.4, -0.2) is 27.1 Å². The fourth-order valence-electron chi connectivity index (χ4n) is 3.59. The highest BCUT2D eigenvalue weighted by atomic mass is 35.5. The van der Waals surface area contributed by atoms with Gasteiger partial charge in [-0.25, -0.2) is 4.98 Å². The Bertz CT molecular complexity index is 1280. The van der Waals surface area contributed by atoms with Crippen LogP contribution in [0, 0.1) is 6.92 Å². The first-order valence-corrected chi connectivity index (χ1v) is 10.3. The number of carbonyl (C=O) groups excluding carboxylic acids is 1. The summed E-state index contributed by atoms with van der Waals surface area (Å²) in [4.78, 5) is 16.6. The number of aryl methyl sites for hydroxylation is 1. The summed E-state index contributed by atoms with van der Waals surface area (Å²) in [5.74, 6) is -0.0149. The largest absolute Gasteiger partial charge is 0.349 e. The second kappa shape index (κ2) is 7.50. The van der Waals surface area contributed by atoms with Crippen molar-refractivity contribution < 1.29 is 4.79 Å². The molecule has 0 aliphatic heterocycles. The van der Waals surface area contributed by atoms with E-state index in [0.29, 0.717) is 22.5 Å². The van der Waals surface area contributed by atoms with Crippen molar-refractivity contribution in [3.63, 3.8) is 0 Å². The fourth-order valence-corrected chi connectivity index (χ4v) is 3.80. The maximum Gasteiger partial charge on any atom is 0.251 e. The molecule has 0 atom stereocenters. The molecule has 0 spiro atoms. The lowest BCUT2D eigenvalue weighted by Crippen LogP contribution is -2.25. The van der Waals surface area contributed by atoms with E-state index in [2.05, 4.69) is 26.6 Å². The van der Waals surface area contributed by atoms with E-state index in [4.69, 9.17) is 11.6 Å². The molecule has 2 aromatic heterocycles. The van der Waals surface area contributed by atoms with Gasteiger partial charge in [0.1, 0.15) is 10.8 Å². The monoisotopic (exact) mass is 414 g/mol. The number of hydrogen-bond acceptors (Lipinski definition) is 4. The van der Waals surface area contributed by atoms with Crippen molar-refractivity contribution >= 4 is 28.3 Å². The summed E-state index contributed by atoms with van der Waals surface area (Å²) in [5.41, 5.74) is 5.29. The lowest BCUT2D eigenvalue weighted by atomic mass is 9.95. The van der Waals surface area contributed by atoms with E-state index in [1.54, 1.807) is 12.4 Å². The fraction of sp³-hybridized carbons (Fsp3) is 0.167. The van der Waals surface area contributed by atoms with Gasteiger partial charge in [0.25, 0.3) is 5.91 Å². The Labute approximate surface area is 179 Å². The van der Waals surface area contributed by atoms with Gasteiger partial charge in [-0.1, -0.05) is 29.8 Å². The average Bonchev–Trinajstić information content (AvgIpc) is 3.57. The Morgan fingerprint density at radius 3 is 2.77 bits per heavy atom. The smallest absolute Gasteiger partial charge is 0.251 e. The minimum atomic E-state index is -0.0149. The molecule has 5 nitrogen and oxygen atoms in total.